The number of aromatic nitrogens is 2. The van der Waals surface area contributed by atoms with Crippen LogP contribution in [0.5, 0.6) is 0 Å². The van der Waals surface area contributed by atoms with E-state index in [1.807, 2.05) is 0 Å². The standard InChI is InChI=1S/C11H14F3N3O2/c1-2-19-10(18)7-8(11(12,13)14)16-17(9(7)15)6-4-3-5-6/h6H,2-5,15H2,1H3. The fourth-order valence-electron chi connectivity index (χ4n) is 1.96. The maximum Gasteiger partial charge on any atom is 0.436 e. The zero-order valence-corrected chi connectivity index (χ0v) is 10.3. The van der Waals surface area contributed by atoms with E-state index in [9.17, 15) is 18.0 Å². The fraction of sp³-hybridized carbons (Fsp3) is 0.636. The summed E-state index contributed by atoms with van der Waals surface area (Å²) in [5.74, 6) is -1.35. The Labute approximate surface area is 107 Å². The highest BCUT2D eigenvalue weighted by molar-refractivity contribution is 5.95. The van der Waals surface area contributed by atoms with Gasteiger partial charge in [-0.15, -0.1) is 0 Å². The van der Waals surface area contributed by atoms with Gasteiger partial charge in [-0.25, -0.2) is 9.48 Å². The first-order valence-corrected chi connectivity index (χ1v) is 5.98. The van der Waals surface area contributed by atoms with E-state index in [1.54, 1.807) is 0 Å². The zero-order chi connectivity index (χ0) is 14.2. The molecular formula is C11H14F3N3O2. The van der Waals surface area contributed by atoms with Crippen molar-refractivity contribution in [1.82, 2.24) is 9.78 Å². The molecule has 1 aromatic rings. The summed E-state index contributed by atoms with van der Waals surface area (Å²) in [6, 6.07) is -0.163. The van der Waals surface area contributed by atoms with Gasteiger partial charge in [0.2, 0.25) is 0 Å². The summed E-state index contributed by atoms with van der Waals surface area (Å²) in [5.41, 5.74) is 3.69. The number of nitrogen functional groups attached to an aromatic ring is 1. The minimum atomic E-state index is -4.73. The molecule has 19 heavy (non-hydrogen) atoms. The van der Waals surface area contributed by atoms with Crippen LogP contribution in [0.25, 0.3) is 0 Å². The Morgan fingerprint density at radius 3 is 2.58 bits per heavy atom. The molecule has 1 aromatic heterocycles. The topological polar surface area (TPSA) is 70.1 Å². The van der Waals surface area contributed by atoms with Crippen LogP contribution in [-0.4, -0.2) is 22.4 Å². The molecule has 106 valence electrons. The first kappa shape index (κ1) is 13.7. The number of nitrogens with two attached hydrogens (primary N) is 1. The van der Waals surface area contributed by atoms with E-state index >= 15 is 0 Å². The summed E-state index contributed by atoms with van der Waals surface area (Å²) in [7, 11) is 0. The Morgan fingerprint density at radius 1 is 1.53 bits per heavy atom. The number of carbonyl (C=O) groups is 1. The van der Waals surface area contributed by atoms with E-state index in [2.05, 4.69) is 9.84 Å². The summed E-state index contributed by atoms with van der Waals surface area (Å²) in [5, 5.41) is 3.47. The van der Waals surface area contributed by atoms with E-state index in [0.717, 1.165) is 11.1 Å². The van der Waals surface area contributed by atoms with Crippen LogP contribution in [0.4, 0.5) is 19.0 Å². The maximum atomic E-state index is 12.9. The lowest BCUT2D eigenvalue weighted by Gasteiger charge is -2.26. The third-order valence-corrected chi connectivity index (χ3v) is 3.12. The van der Waals surface area contributed by atoms with Gasteiger partial charge in [-0.3, -0.25) is 0 Å². The van der Waals surface area contributed by atoms with Gasteiger partial charge in [0.05, 0.1) is 12.6 Å². The van der Waals surface area contributed by atoms with Gasteiger partial charge in [-0.1, -0.05) is 0 Å². The molecule has 1 fully saturated rings. The van der Waals surface area contributed by atoms with Gasteiger partial charge < -0.3 is 10.5 Å². The molecular weight excluding hydrogens is 263 g/mol. The average molecular weight is 277 g/mol. The van der Waals surface area contributed by atoms with Gasteiger partial charge in [0, 0.05) is 0 Å². The Hall–Kier alpha value is -1.73. The number of rotatable bonds is 3. The minimum Gasteiger partial charge on any atom is -0.462 e. The number of hydrogen-bond donors (Lipinski definition) is 1. The Morgan fingerprint density at radius 2 is 2.16 bits per heavy atom. The predicted octanol–water partition coefficient (Wildman–Crippen LogP) is 2.39. The highest BCUT2D eigenvalue weighted by atomic mass is 19.4. The first-order chi connectivity index (χ1) is 8.86. The Bertz CT molecular complexity index is 492. The molecule has 0 aromatic carbocycles. The Balaban J connectivity index is 2.48. The smallest absolute Gasteiger partial charge is 0.436 e. The van der Waals surface area contributed by atoms with Crippen molar-refractivity contribution in [1.29, 1.82) is 0 Å². The number of hydrogen-bond acceptors (Lipinski definition) is 4. The normalized spacial score (nSPS) is 16.2. The van der Waals surface area contributed by atoms with Crippen LogP contribution in [0.15, 0.2) is 0 Å². The van der Waals surface area contributed by atoms with E-state index in [1.165, 1.54) is 6.92 Å². The van der Waals surface area contributed by atoms with E-state index < -0.39 is 23.4 Å². The van der Waals surface area contributed by atoms with Crippen LogP contribution in [-0.2, 0) is 10.9 Å². The second-order valence-corrected chi connectivity index (χ2v) is 4.36. The van der Waals surface area contributed by atoms with Crippen LogP contribution in [0.3, 0.4) is 0 Å². The second kappa shape index (κ2) is 4.75. The molecule has 2 rings (SSSR count). The molecule has 2 N–H and O–H groups in total. The van der Waals surface area contributed by atoms with Gasteiger partial charge in [0.15, 0.2) is 5.69 Å². The lowest BCUT2D eigenvalue weighted by Crippen LogP contribution is -2.20. The van der Waals surface area contributed by atoms with E-state index in [0.29, 0.717) is 12.8 Å². The number of ether oxygens (including phenoxy) is 1. The molecule has 1 heterocycles. The summed E-state index contributed by atoms with van der Waals surface area (Å²) in [6.45, 7) is 1.49. The van der Waals surface area contributed by atoms with Gasteiger partial charge in [-0.05, 0) is 26.2 Å². The third-order valence-electron chi connectivity index (χ3n) is 3.12. The molecule has 1 aliphatic carbocycles. The van der Waals surface area contributed by atoms with Gasteiger partial charge in [0.1, 0.15) is 11.4 Å². The molecule has 0 spiro atoms. The Kier molecular flexibility index (Phi) is 3.42. The van der Waals surface area contributed by atoms with Crippen LogP contribution in [0, 0.1) is 0 Å². The van der Waals surface area contributed by atoms with Crippen molar-refractivity contribution < 1.29 is 22.7 Å². The quantitative estimate of drug-likeness (QED) is 0.861. The molecule has 0 bridgehead atoms. The maximum absolute atomic E-state index is 12.9. The molecule has 0 unspecified atom stereocenters. The molecule has 0 atom stereocenters. The largest absolute Gasteiger partial charge is 0.462 e. The predicted molar refractivity (Wildman–Crippen MR) is 60.5 cm³/mol. The van der Waals surface area contributed by atoms with Crippen molar-refractivity contribution in [2.45, 2.75) is 38.4 Å². The average Bonchev–Trinajstić information content (AvgIpc) is 2.54. The van der Waals surface area contributed by atoms with Crippen molar-refractivity contribution in [2.24, 2.45) is 0 Å². The van der Waals surface area contributed by atoms with Crippen molar-refractivity contribution in [3.05, 3.63) is 11.3 Å². The van der Waals surface area contributed by atoms with E-state index in [4.69, 9.17) is 5.73 Å². The highest BCUT2D eigenvalue weighted by Crippen LogP contribution is 2.39. The molecule has 1 saturated carbocycles. The molecule has 0 aliphatic heterocycles. The van der Waals surface area contributed by atoms with Crippen LogP contribution < -0.4 is 5.73 Å². The number of esters is 1. The van der Waals surface area contributed by atoms with Gasteiger partial charge in [-0.2, -0.15) is 18.3 Å². The first-order valence-electron chi connectivity index (χ1n) is 5.98. The van der Waals surface area contributed by atoms with Crippen LogP contribution in [0.1, 0.15) is 48.3 Å². The van der Waals surface area contributed by atoms with Crippen LogP contribution >= 0.6 is 0 Å². The number of halogens is 3. The summed E-state index contributed by atoms with van der Waals surface area (Å²) < 4.78 is 44.4. The minimum absolute atomic E-state index is 0.0236. The molecule has 5 nitrogen and oxygen atoms in total. The number of alkyl halides is 3. The fourth-order valence-corrected chi connectivity index (χ4v) is 1.96. The lowest BCUT2D eigenvalue weighted by atomic mass is 9.93. The lowest BCUT2D eigenvalue weighted by molar-refractivity contribution is -0.142. The monoisotopic (exact) mass is 277 g/mol. The van der Waals surface area contributed by atoms with Gasteiger partial charge >= 0.3 is 12.1 Å². The van der Waals surface area contributed by atoms with Crippen molar-refractivity contribution in [3.63, 3.8) is 0 Å². The van der Waals surface area contributed by atoms with Crippen molar-refractivity contribution in [3.8, 4) is 0 Å². The van der Waals surface area contributed by atoms with Gasteiger partial charge in [0.25, 0.3) is 0 Å². The SMILES string of the molecule is CCOC(=O)c1c(C(F)(F)F)nn(C2CCC2)c1N. The molecule has 1 aliphatic rings. The van der Waals surface area contributed by atoms with Crippen molar-refractivity contribution >= 4 is 11.8 Å². The molecule has 0 amide bonds. The third kappa shape index (κ3) is 2.39. The van der Waals surface area contributed by atoms with Crippen molar-refractivity contribution in [2.75, 3.05) is 12.3 Å². The second-order valence-electron chi connectivity index (χ2n) is 4.36. The molecule has 0 radical (unpaired) electrons. The number of anilines is 1. The summed E-state index contributed by atoms with van der Waals surface area (Å²) >= 11 is 0. The van der Waals surface area contributed by atoms with E-state index in [-0.39, 0.29) is 18.5 Å². The summed E-state index contributed by atoms with van der Waals surface area (Å²) in [6.07, 6.45) is -2.39. The molecule has 0 saturated heterocycles. The zero-order valence-electron chi connectivity index (χ0n) is 10.3. The van der Waals surface area contributed by atoms with Crippen LogP contribution in [0.2, 0.25) is 0 Å². The molecule has 8 heteroatoms. The number of carbonyl (C=O) groups excluding carboxylic acids is 1. The highest BCUT2D eigenvalue weighted by Gasteiger charge is 2.43. The summed E-state index contributed by atoms with van der Waals surface area (Å²) in [4.78, 5) is 11.6. The number of nitrogens with zero attached hydrogens (tertiary/aromatic N) is 2.